The summed E-state index contributed by atoms with van der Waals surface area (Å²) in [6.07, 6.45) is 0. The van der Waals surface area contributed by atoms with Crippen LogP contribution in [0.2, 0.25) is 5.02 Å². The Morgan fingerprint density at radius 1 is 1.17 bits per heavy atom. The van der Waals surface area contributed by atoms with Gasteiger partial charge in [-0.3, -0.25) is 5.84 Å². The van der Waals surface area contributed by atoms with Gasteiger partial charge in [0.15, 0.2) is 0 Å². The van der Waals surface area contributed by atoms with Crippen molar-refractivity contribution in [3.63, 3.8) is 0 Å². The van der Waals surface area contributed by atoms with Crippen molar-refractivity contribution in [1.82, 2.24) is 5.43 Å². The van der Waals surface area contributed by atoms with Gasteiger partial charge >= 0.3 is 0 Å². The lowest BCUT2D eigenvalue weighted by molar-refractivity contribution is 0.610. The van der Waals surface area contributed by atoms with E-state index in [2.05, 4.69) is 21.4 Å². The summed E-state index contributed by atoms with van der Waals surface area (Å²) in [5.41, 5.74) is 4.48. The van der Waals surface area contributed by atoms with E-state index in [4.69, 9.17) is 17.4 Å². The summed E-state index contributed by atoms with van der Waals surface area (Å²) in [5.74, 6) is 5.27. The number of nitrogens with one attached hydrogen (secondary N) is 1. The Bertz CT molecular complexity index is 562. The lowest BCUT2D eigenvalue weighted by Crippen LogP contribution is -2.28. The topological polar surface area (TPSA) is 38.0 Å². The van der Waals surface area contributed by atoms with Gasteiger partial charge in [-0.15, -0.1) is 0 Å². The van der Waals surface area contributed by atoms with Crippen LogP contribution in [-0.2, 0) is 0 Å². The smallest absolute Gasteiger partial charge is 0.137 e. The van der Waals surface area contributed by atoms with E-state index in [9.17, 15) is 4.39 Å². The molecule has 0 fully saturated rings. The van der Waals surface area contributed by atoms with Gasteiger partial charge in [0.25, 0.3) is 0 Å². The molecule has 2 aromatic rings. The Hall–Kier alpha value is -0.940. The SMILES string of the molecule is NNC(c1cccc(Cl)c1)c1ccc(F)c(Br)c1. The van der Waals surface area contributed by atoms with E-state index in [1.165, 1.54) is 6.07 Å². The first-order chi connectivity index (χ1) is 8.61. The van der Waals surface area contributed by atoms with Gasteiger partial charge in [0, 0.05) is 5.02 Å². The fourth-order valence-electron chi connectivity index (χ4n) is 1.76. The number of hydrazine groups is 1. The average Bonchev–Trinajstić information content (AvgIpc) is 2.35. The quantitative estimate of drug-likeness (QED) is 0.664. The van der Waals surface area contributed by atoms with Crippen LogP contribution in [0.1, 0.15) is 17.2 Å². The third-order valence-electron chi connectivity index (χ3n) is 2.63. The monoisotopic (exact) mass is 328 g/mol. The van der Waals surface area contributed by atoms with Crippen LogP contribution in [0.5, 0.6) is 0 Å². The van der Waals surface area contributed by atoms with Gasteiger partial charge in [-0.1, -0.05) is 29.8 Å². The lowest BCUT2D eigenvalue weighted by atomic mass is 9.99. The number of rotatable bonds is 3. The standard InChI is InChI=1S/C13H11BrClFN2/c14-11-7-9(4-5-12(11)16)13(18-17)8-2-1-3-10(15)6-8/h1-7,13,18H,17H2. The van der Waals surface area contributed by atoms with Gasteiger partial charge in [-0.05, 0) is 51.3 Å². The highest BCUT2D eigenvalue weighted by atomic mass is 79.9. The van der Waals surface area contributed by atoms with E-state index >= 15 is 0 Å². The molecule has 2 rings (SSSR count). The molecule has 1 unspecified atom stereocenters. The highest BCUT2D eigenvalue weighted by Crippen LogP contribution is 2.27. The van der Waals surface area contributed by atoms with Crippen LogP contribution in [0.15, 0.2) is 46.9 Å². The van der Waals surface area contributed by atoms with Crippen LogP contribution >= 0.6 is 27.5 Å². The predicted molar refractivity (Wildman–Crippen MR) is 74.7 cm³/mol. The molecule has 0 aromatic heterocycles. The highest BCUT2D eigenvalue weighted by Gasteiger charge is 2.14. The van der Waals surface area contributed by atoms with Crippen molar-refractivity contribution in [2.24, 2.45) is 5.84 Å². The lowest BCUT2D eigenvalue weighted by Gasteiger charge is -2.17. The second kappa shape index (κ2) is 5.80. The van der Waals surface area contributed by atoms with Crippen LogP contribution in [0, 0.1) is 5.82 Å². The number of hydrogen-bond acceptors (Lipinski definition) is 2. The van der Waals surface area contributed by atoms with E-state index in [0.717, 1.165) is 11.1 Å². The predicted octanol–water partition coefficient (Wildman–Crippen LogP) is 3.79. The molecule has 0 aliphatic heterocycles. The fourth-order valence-corrected chi connectivity index (χ4v) is 2.36. The molecule has 0 saturated heterocycles. The second-order valence-corrected chi connectivity index (χ2v) is 5.12. The maximum absolute atomic E-state index is 13.2. The van der Waals surface area contributed by atoms with Crippen LogP contribution in [0.4, 0.5) is 4.39 Å². The number of hydrogen-bond donors (Lipinski definition) is 2. The van der Waals surface area contributed by atoms with E-state index in [1.807, 2.05) is 18.2 Å². The Kier molecular flexibility index (Phi) is 4.35. The summed E-state index contributed by atoms with van der Waals surface area (Å²) in [5, 5.41) is 0.633. The van der Waals surface area contributed by atoms with E-state index in [1.54, 1.807) is 18.2 Å². The molecule has 0 aliphatic rings. The van der Waals surface area contributed by atoms with Crippen molar-refractivity contribution >= 4 is 27.5 Å². The van der Waals surface area contributed by atoms with E-state index in [-0.39, 0.29) is 11.9 Å². The van der Waals surface area contributed by atoms with Gasteiger partial charge in [0.1, 0.15) is 5.82 Å². The Morgan fingerprint density at radius 2 is 1.89 bits per heavy atom. The first-order valence-corrected chi connectivity index (χ1v) is 6.45. The van der Waals surface area contributed by atoms with Crippen LogP contribution < -0.4 is 11.3 Å². The van der Waals surface area contributed by atoms with Crippen molar-refractivity contribution in [1.29, 1.82) is 0 Å². The molecule has 94 valence electrons. The summed E-state index contributed by atoms with van der Waals surface area (Å²) in [7, 11) is 0. The first-order valence-electron chi connectivity index (χ1n) is 5.28. The Labute approximate surface area is 118 Å². The van der Waals surface area contributed by atoms with Gasteiger partial charge in [0.05, 0.1) is 10.5 Å². The summed E-state index contributed by atoms with van der Waals surface area (Å²) < 4.78 is 13.6. The molecule has 5 heteroatoms. The largest absolute Gasteiger partial charge is 0.271 e. The van der Waals surface area contributed by atoms with Crippen molar-refractivity contribution in [3.05, 3.63) is 68.9 Å². The van der Waals surface area contributed by atoms with Crippen molar-refractivity contribution in [2.75, 3.05) is 0 Å². The third kappa shape index (κ3) is 2.90. The molecular weight excluding hydrogens is 319 g/mol. The highest BCUT2D eigenvalue weighted by molar-refractivity contribution is 9.10. The zero-order valence-corrected chi connectivity index (χ0v) is 11.7. The van der Waals surface area contributed by atoms with Gasteiger partial charge in [-0.2, -0.15) is 0 Å². The average molecular weight is 330 g/mol. The minimum absolute atomic E-state index is 0.236. The Morgan fingerprint density at radius 3 is 2.50 bits per heavy atom. The second-order valence-electron chi connectivity index (χ2n) is 3.83. The molecule has 0 amide bonds. The molecule has 0 aliphatic carbocycles. The third-order valence-corrected chi connectivity index (χ3v) is 3.47. The Balaban J connectivity index is 2.42. The molecule has 1 atom stereocenters. The van der Waals surface area contributed by atoms with Gasteiger partial charge in [0.2, 0.25) is 0 Å². The minimum atomic E-state index is -0.305. The number of benzene rings is 2. The van der Waals surface area contributed by atoms with Crippen LogP contribution in [0.25, 0.3) is 0 Å². The molecular formula is C13H11BrClFN2. The van der Waals surface area contributed by atoms with Crippen LogP contribution in [-0.4, -0.2) is 0 Å². The summed E-state index contributed by atoms with van der Waals surface area (Å²) in [4.78, 5) is 0. The zero-order chi connectivity index (χ0) is 13.1. The number of nitrogens with two attached hydrogens (primary N) is 1. The molecule has 0 radical (unpaired) electrons. The maximum atomic E-state index is 13.2. The first kappa shape index (κ1) is 13.5. The molecule has 0 bridgehead atoms. The zero-order valence-electron chi connectivity index (χ0n) is 9.33. The molecule has 3 N–H and O–H groups in total. The maximum Gasteiger partial charge on any atom is 0.137 e. The van der Waals surface area contributed by atoms with E-state index < -0.39 is 0 Å². The van der Waals surface area contributed by atoms with Crippen molar-refractivity contribution < 1.29 is 4.39 Å². The molecule has 0 heterocycles. The minimum Gasteiger partial charge on any atom is -0.271 e. The summed E-state index contributed by atoms with van der Waals surface area (Å²) >= 11 is 9.11. The van der Waals surface area contributed by atoms with E-state index in [0.29, 0.717) is 9.50 Å². The molecule has 0 saturated carbocycles. The molecule has 0 spiro atoms. The molecule has 2 nitrogen and oxygen atoms in total. The summed E-state index contributed by atoms with van der Waals surface area (Å²) in [6.45, 7) is 0. The fraction of sp³-hybridized carbons (Fsp3) is 0.0769. The molecule has 18 heavy (non-hydrogen) atoms. The molecule has 2 aromatic carbocycles. The van der Waals surface area contributed by atoms with Crippen molar-refractivity contribution in [3.8, 4) is 0 Å². The number of halogens is 3. The van der Waals surface area contributed by atoms with Crippen LogP contribution in [0.3, 0.4) is 0 Å². The van der Waals surface area contributed by atoms with Gasteiger partial charge in [-0.25, -0.2) is 9.82 Å². The normalized spacial score (nSPS) is 12.4. The summed E-state index contributed by atoms with van der Waals surface area (Å²) in [6, 6.07) is 11.9. The van der Waals surface area contributed by atoms with Crippen molar-refractivity contribution in [2.45, 2.75) is 6.04 Å². The van der Waals surface area contributed by atoms with Gasteiger partial charge < -0.3 is 0 Å².